The minimum absolute atomic E-state index is 0.0345. The highest BCUT2D eigenvalue weighted by Gasteiger charge is 2.30. The predicted molar refractivity (Wildman–Crippen MR) is 142 cm³/mol. The Morgan fingerprint density at radius 2 is 1.54 bits per heavy atom. The van der Waals surface area contributed by atoms with Crippen LogP contribution < -0.4 is 10.0 Å². The largest absolute Gasteiger partial charge is 0.480 e. The van der Waals surface area contributed by atoms with Gasteiger partial charge in [-0.05, 0) is 47.6 Å². The van der Waals surface area contributed by atoms with E-state index in [0.29, 0.717) is 0 Å². The summed E-state index contributed by atoms with van der Waals surface area (Å²) < 4.78 is 32.6. The molecule has 1 atom stereocenters. The van der Waals surface area contributed by atoms with E-state index in [-0.39, 0.29) is 38.3 Å². The van der Waals surface area contributed by atoms with Crippen LogP contribution >= 0.6 is 0 Å². The first-order valence-electron chi connectivity index (χ1n) is 12.3. The van der Waals surface area contributed by atoms with Gasteiger partial charge in [0.05, 0.1) is 4.92 Å². The average Bonchev–Trinajstić information content (AvgIpc) is 3.24. The normalized spacial score (nSPS) is 13.2. The predicted octanol–water partition coefficient (Wildman–Crippen LogP) is 4.04. The molecule has 39 heavy (non-hydrogen) atoms. The van der Waals surface area contributed by atoms with Crippen molar-refractivity contribution in [1.29, 1.82) is 0 Å². The van der Waals surface area contributed by atoms with Gasteiger partial charge in [-0.2, -0.15) is 0 Å². The Bertz CT molecular complexity index is 1450. The first-order valence-corrected chi connectivity index (χ1v) is 13.7. The van der Waals surface area contributed by atoms with Gasteiger partial charge in [-0.3, -0.25) is 10.1 Å². The highest BCUT2D eigenvalue weighted by molar-refractivity contribution is 7.89. The summed E-state index contributed by atoms with van der Waals surface area (Å²) in [5, 5.41) is 23.0. The summed E-state index contributed by atoms with van der Waals surface area (Å²) >= 11 is 0. The van der Waals surface area contributed by atoms with Crippen LogP contribution in [0.4, 0.5) is 10.5 Å². The smallest absolute Gasteiger partial charge is 0.407 e. The molecule has 3 aromatic rings. The Balaban J connectivity index is 1.26. The Kier molecular flexibility index (Phi) is 8.57. The number of alkyl carbamates (subject to hydrolysis) is 1. The zero-order valence-electron chi connectivity index (χ0n) is 20.8. The molecule has 4 rings (SSSR count). The lowest BCUT2D eigenvalue weighted by Crippen LogP contribution is -2.41. The molecule has 0 spiro atoms. The van der Waals surface area contributed by atoms with E-state index >= 15 is 0 Å². The van der Waals surface area contributed by atoms with Crippen molar-refractivity contribution in [3.8, 4) is 11.1 Å². The van der Waals surface area contributed by atoms with E-state index in [2.05, 4.69) is 10.0 Å². The Hall–Kier alpha value is -4.29. The molecule has 0 fully saturated rings. The van der Waals surface area contributed by atoms with E-state index in [1.165, 1.54) is 12.1 Å². The number of benzene rings is 3. The van der Waals surface area contributed by atoms with E-state index in [4.69, 9.17) is 4.74 Å². The van der Waals surface area contributed by atoms with E-state index in [9.17, 15) is 33.2 Å². The van der Waals surface area contributed by atoms with Gasteiger partial charge in [0, 0.05) is 18.5 Å². The number of amides is 1. The molecule has 1 aliphatic carbocycles. The summed E-state index contributed by atoms with van der Waals surface area (Å²) in [6.45, 7) is -0.0226. The summed E-state index contributed by atoms with van der Waals surface area (Å²) in [7, 11) is -4.13. The minimum Gasteiger partial charge on any atom is -0.480 e. The molecular formula is C27H27N3O8S. The number of unbranched alkanes of at least 4 members (excludes halogenated alkanes) is 1. The number of aliphatic carboxylic acids is 1. The maximum atomic E-state index is 12.5. The third-order valence-electron chi connectivity index (χ3n) is 6.50. The standard InChI is InChI=1S/C27H27N3O8S/c31-26(32)23(13-7-8-16-28-39(36,37)25-15-6-5-14-24(25)30(34)35)29-27(33)38-17-22-20-11-3-1-9-18(20)19-10-2-4-12-21(19)22/h1-6,9-12,14-15,22-23,28H,7-8,13,16-17H2,(H,29,33)(H,31,32)/t23-/m1/s1. The summed E-state index contributed by atoms with van der Waals surface area (Å²) in [4.78, 5) is 34.0. The van der Waals surface area contributed by atoms with Gasteiger partial charge in [-0.15, -0.1) is 0 Å². The maximum absolute atomic E-state index is 12.5. The average molecular weight is 554 g/mol. The van der Waals surface area contributed by atoms with Gasteiger partial charge in [0.15, 0.2) is 4.90 Å². The Labute approximate surface area is 225 Å². The molecule has 0 saturated carbocycles. The highest BCUT2D eigenvalue weighted by Crippen LogP contribution is 2.44. The second-order valence-electron chi connectivity index (χ2n) is 8.98. The number of rotatable bonds is 12. The van der Waals surface area contributed by atoms with Crippen molar-refractivity contribution in [3.63, 3.8) is 0 Å². The van der Waals surface area contributed by atoms with Crippen LogP contribution in [0.15, 0.2) is 77.7 Å². The van der Waals surface area contributed by atoms with Crippen LogP contribution in [0.25, 0.3) is 11.1 Å². The van der Waals surface area contributed by atoms with Gasteiger partial charge >= 0.3 is 12.1 Å². The number of nitro benzene ring substituents is 1. The van der Waals surface area contributed by atoms with Crippen LogP contribution in [0.3, 0.4) is 0 Å². The van der Waals surface area contributed by atoms with Crippen LogP contribution in [-0.4, -0.2) is 49.7 Å². The molecule has 3 aromatic carbocycles. The number of para-hydroxylation sites is 1. The van der Waals surface area contributed by atoms with E-state index < -0.39 is 43.6 Å². The number of carboxylic acid groups (broad SMARTS) is 1. The van der Waals surface area contributed by atoms with Gasteiger partial charge in [0.25, 0.3) is 5.69 Å². The number of nitrogens with zero attached hydrogens (tertiary/aromatic N) is 1. The Morgan fingerprint density at radius 1 is 0.949 bits per heavy atom. The monoisotopic (exact) mass is 553 g/mol. The van der Waals surface area contributed by atoms with Crippen molar-refractivity contribution < 1.29 is 32.8 Å². The topological polar surface area (TPSA) is 165 Å². The molecule has 0 bridgehead atoms. The molecule has 0 radical (unpaired) electrons. The molecule has 0 heterocycles. The number of nitrogens with one attached hydrogen (secondary N) is 2. The summed E-state index contributed by atoms with van der Waals surface area (Å²) in [6, 6.07) is 19.5. The van der Waals surface area contributed by atoms with Gasteiger partial charge in [0.1, 0.15) is 12.6 Å². The molecule has 12 heteroatoms. The summed E-state index contributed by atoms with van der Waals surface area (Å²) in [6.07, 6.45) is -0.315. The lowest BCUT2D eigenvalue weighted by Gasteiger charge is -2.17. The van der Waals surface area contributed by atoms with Crippen molar-refractivity contribution >= 4 is 27.8 Å². The molecule has 0 aliphatic heterocycles. The zero-order chi connectivity index (χ0) is 28.0. The number of sulfonamides is 1. The number of carbonyl (C=O) groups excluding carboxylic acids is 1. The molecule has 204 valence electrons. The first-order chi connectivity index (χ1) is 18.7. The molecular weight excluding hydrogens is 526 g/mol. The highest BCUT2D eigenvalue weighted by atomic mass is 32.2. The van der Waals surface area contributed by atoms with E-state index in [0.717, 1.165) is 34.4 Å². The third-order valence-corrected chi connectivity index (χ3v) is 8.01. The maximum Gasteiger partial charge on any atom is 0.407 e. The summed E-state index contributed by atoms with van der Waals surface area (Å²) in [5.74, 6) is -1.41. The zero-order valence-corrected chi connectivity index (χ0v) is 21.6. The molecule has 3 N–H and O–H groups in total. The summed E-state index contributed by atoms with van der Waals surface area (Å²) in [5.41, 5.74) is 3.67. The third kappa shape index (κ3) is 6.41. The van der Waals surface area contributed by atoms with Gasteiger partial charge in [0.2, 0.25) is 10.0 Å². The fourth-order valence-corrected chi connectivity index (χ4v) is 5.88. The van der Waals surface area contributed by atoms with E-state index in [1.54, 1.807) is 0 Å². The van der Waals surface area contributed by atoms with Gasteiger partial charge < -0.3 is 15.2 Å². The van der Waals surface area contributed by atoms with Crippen LogP contribution in [-0.2, 0) is 19.6 Å². The molecule has 1 aliphatic rings. The first kappa shape index (κ1) is 27.7. The van der Waals surface area contributed by atoms with Crippen molar-refractivity contribution in [1.82, 2.24) is 10.0 Å². The SMILES string of the molecule is O=C(N[C@H](CCCCNS(=O)(=O)c1ccccc1[N+](=O)[O-])C(=O)O)OCC1c2ccccc2-c2ccccc21. The molecule has 0 saturated heterocycles. The molecule has 0 unspecified atom stereocenters. The van der Waals surface area contributed by atoms with Crippen molar-refractivity contribution in [2.24, 2.45) is 0 Å². The van der Waals surface area contributed by atoms with Crippen molar-refractivity contribution in [2.45, 2.75) is 36.1 Å². The minimum atomic E-state index is -4.13. The number of fused-ring (bicyclic) bond motifs is 3. The number of carbonyl (C=O) groups is 2. The van der Waals surface area contributed by atoms with Crippen LogP contribution in [0.1, 0.15) is 36.3 Å². The number of nitro groups is 1. The second kappa shape index (κ2) is 12.0. The fraction of sp³-hybridized carbons (Fsp3) is 0.259. The lowest BCUT2D eigenvalue weighted by molar-refractivity contribution is -0.387. The fourth-order valence-electron chi connectivity index (χ4n) is 4.63. The lowest BCUT2D eigenvalue weighted by atomic mass is 9.98. The van der Waals surface area contributed by atoms with Gasteiger partial charge in [-0.25, -0.2) is 22.7 Å². The van der Waals surface area contributed by atoms with Crippen molar-refractivity contribution in [3.05, 3.63) is 94.0 Å². The molecule has 0 aromatic heterocycles. The van der Waals surface area contributed by atoms with Gasteiger partial charge in [-0.1, -0.05) is 60.7 Å². The molecule has 1 amide bonds. The van der Waals surface area contributed by atoms with Crippen LogP contribution in [0, 0.1) is 10.1 Å². The molecule has 11 nitrogen and oxygen atoms in total. The number of hydrogen-bond acceptors (Lipinski definition) is 7. The van der Waals surface area contributed by atoms with Crippen molar-refractivity contribution in [2.75, 3.05) is 13.2 Å². The number of carboxylic acids is 1. The van der Waals surface area contributed by atoms with Crippen LogP contribution in [0.5, 0.6) is 0 Å². The van der Waals surface area contributed by atoms with E-state index in [1.807, 2.05) is 48.5 Å². The second-order valence-corrected chi connectivity index (χ2v) is 10.7. The van der Waals surface area contributed by atoms with Crippen LogP contribution in [0.2, 0.25) is 0 Å². The quantitative estimate of drug-likeness (QED) is 0.172. The number of ether oxygens (including phenoxy) is 1. The Morgan fingerprint density at radius 3 is 2.15 bits per heavy atom. The number of hydrogen-bond donors (Lipinski definition) is 3.